The van der Waals surface area contributed by atoms with Crippen LogP contribution >= 0.6 is 0 Å². The van der Waals surface area contributed by atoms with Crippen molar-refractivity contribution in [1.29, 1.82) is 0 Å². The molecule has 9 heteroatoms. The van der Waals surface area contributed by atoms with Crippen LogP contribution in [0.25, 0.3) is 23.9 Å². The molecule has 1 atom stereocenters. The van der Waals surface area contributed by atoms with Crippen molar-refractivity contribution in [2.24, 2.45) is 11.5 Å². The maximum Gasteiger partial charge on any atom is 0.214 e. The van der Waals surface area contributed by atoms with Gasteiger partial charge in [0.2, 0.25) is 12.3 Å². The van der Waals surface area contributed by atoms with E-state index in [4.69, 9.17) is 14.5 Å². The lowest BCUT2D eigenvalue weighted by molar-refractivity contribution is -0.116. The van der Waals surface area contributed by atoms with Crippen molar-refractivity contribution in [2.45, 2.75) is 127 Å². The van der Waals surface area contributed by atoms with Crippen LogP contribution in [0.15, 0.2) is 24.3 Å². The molecule has 1 aromatic heterocycles. The van der Waals surface area contributed by atoms with Crippen LogP contribution < -0.4 is 26.6 Å². The second-order valence-electron chi connectivity index (χ2n) is 11.5. The maximum atomic E-state index is 16.0. The van der Waals surface area contributed by atoms with Crippen molar-refractivity contribution in [3.05, 3.63) is 80.1 Å². The highest BCUT2D eigenvalue weighted by Crippen LogP contribution is 2.35. The standard InChI is InChI=1S/C31H36F3NO.C5H12.C2H5NO.C2H6.CH3NO/c1-8-11-23(15-21-14-22(10-3)19(5)28(16-21)36-7)31-29(34)24(12-9-2)20(6)30(35-31)25-13-18(4)26(32)17-27(25)33;1-3-5-4-2;1-2(3)4;1-2;2-1-3/h10,13-14,16-17,23H,5,8-9,11-12,15H2,1-4,6-7H3;3-5H2,1-2H3;1H3,(H2,3,4);1-2H3;1H,(H2,2,3)/b22-10-;;;;. The summed E-state index contributed by atoms with van der Waals surface area (Å²) in [5.74, 6) is -1.50. The summed E-state index contributed by atoms with van der Waals surface area (Å²) in [5.41, 5.74) is 12.0. The Morgan fingerprint density at radius 1 is 0.980 bits per heavy atom. The molecule has 0 aliphatic rings. The van der Waals surface area contributed by atoms with E-state index in [-0.39, 0.29) is 29.6 Å². The fourth-order valence-corrected chi connectivity index (χ4v) is 5.24. The molecule has 3 rings (SSSR count). The lowest BCUT2D eigenvalue weighted by Crippen LogP contribution is -2.25. The number of ether oxygens (including phenoxy) is 1. The molecule has 2 amide bonds. The highest BCUT2D eigenvalue weighted by Gasteiger charge is 2.25. The minimum absolute atomic E-state index is 0.200. The van der Waals surface area contributed by atoms with E-state index >= 15 is 4.39 Å². The number of carbonyl (C=O) groups is 2. The van der Waals surface area contributed by atoms with Crippen molar-refractivity contribution >= 4 is 25.0 Å². The summed E-state index contributed by atoms with van der Waals surface area (Å²) < 4.78 is 50.5. The van der Waals surface area contributed by atoms with Crippen LogP contribution in [0.2, 0.25) is 0 Å². The number of aromatic nitrogens is 1. The van der Waals surface area contributed by atoms with E-state index in [9.17, 15) is 13.6 Å². The van der Waals surface area contributed by atoms with Crippen LogP contribution in [0.1, 0.15) is 128 Å². The van der Waals surface area contributed by atoms with Gasteiger partial charge in [-0.2, -0.15) is 0 Å². The summed E-state index contributed by atoms with van der Waals surface area (Å²) in [7, 11) is 1.61. The minimum atomic E-state index is -0.695. The molecule has 0 saturated carbocycles. The number of halogens is 3. The van der Waals surface area contributed by atoms with E-state index in [1.54, 1.807) is 21.0 Å². The molecule has 2 aromatic carbocycles. The SMILES string of the molecule is C=c1c(OC)cc(CC(CCC)c2nc(-c3cc(C)c(F)cc3F)c(C)c(CCC)c2F)c/c1=C/C.CC.CC(N)=O.CCCCC.NC=O. The molecule has 1 heterocycles. The fraction of sp³-hybridized carbons (Fsp3) is 0.488. The Morgan fingerprint density at radius 2 is 1.54 bits per heavy atom. The summed E-state index contributed by atoms with van der Waals surface area (Å²) in [6.45, 7) is 23.2. The van der Waals surface area contributed by atoms with Crippen molar-refractivity contribution in [3.8, 4) is 17.0 Å². The van der Waals surface area contributed by atoms with E-state index in [2.05, 4.69) is 44.9 Å². The monoisotopic (exact) mass is 701 g/mol. The smallest absolute Gasteiger partial charge is 0.214 e. The van der Waals surface area contributed by atoms with Crippen LogP contribution in [0.4, 0.5) is 13.2 Å². The topological polar surface area (TPSA) is 108 Å². The highest BCUT2D eigenvalue weighted by molar-refractivity contribution is 5.70. The summed E-state index contributed by atoms with van der Waals surface area (Å²) in [5, 5.41) is 1.78. The maximum absolute atomic E-state index is 16.0. The fourth-order valence-electron chi connectivity index (χ4n) is 5.24. The van der Waals surface area contributed by atoms with Crippen molar-refractivity contribution in [1.82, 2.24) is 4.98 Å². The van der Waals surface area contributed by atoms with Crippen LogP contribution in [0.3, 0.4) is 0 Å². The molecule has 1 unspecified atom stereocenters. The van der Waals surface area contributed by atoms with Crippen LogP contribution in [0.5, 0.6) is 5.75 Å². The zero-order valence-corrected chi connectivity index (χ0v) is 32.4. The summed E-state index contributed by atoms with van der Waals surface area (Å²) in [4.78, 5) is 22.6. The second-order valence-corrected chi connectivity index (χ2v) is 11.5. The molecular weight excluding hydrogens is 639 g/mol. The number of aryl methyl sites for hydroxylation is 1. The summed E-state index contributed by atoms with van der Waals surface area (Å²) in [6, 6.07) is 6.35. The van der Waals surface area contributed by atoms with Crippen LogP contribution in [-0.4, -0.2) is 24.4 Å². The number of primary amides is 2. The quantitative estimate of drug-likeness (QED) is 0.195. The number of nitrogens with two attached hydrogens (primary N) is 2. The van der Waals surface area contributed by atoms with Gasteiger partial charge in [0.1, 0.15) is 23.2 Å². The Bertz CT molecular complexity index is 1570. The van der Waals surface area contributed by atoms with Crippen molar-refractivity contribution in [3.63, 3.8) is 0 Å². The molecule has 50 heavy (non-hydrogen) atoms. The van der Waals surface area contributed by atoms with E-state index in [0.717, 1.165) is 34.9 Å². The predicted molar refractivity (Wildman–Crippen MR) is 204 cm³/mol. The van der Waals surface area contributed by atoms with Gasteiger partial charge in [-0.05, 0) is 79.6 Å². The average molecular weight is 702 g/mol. The number of rotatable bonds is 11. The average Bonchev–Trinajstić information content (AvgIpc) is 3.07. The van der Waals surface area contributed by atoms with Crippen molar-refractivity contribution in [2.75, 3.05) is 7.11 Å². The number of amides is 2. The van der Waals surface area contributed by atoms with Gasteiger partial charge in [0.25, 0.3) is 0 Å². The van der Waals surface area contributed by atoms with E-state index < -0.39 is 11.6 Å². The first-order chi connectivity index (χ1) is 23.7. The molecule has 6 nitrogen and oxygen atoms in total. The first-order valence-electron chi connectivity index (χ1n) is 17.6. The third-order valence-corrected chi connectivity index (χ3v) is 7.58. The van der Waals surface area contributed by atoms with E-state index in [0.29, 0.717) is 53.1 Å². The van der Waals surface area contributed by atoms with Gasteiger partial charge in [-0.15, -0.1) is 0 Å². The number of pyridine rings is 1. The first-order valence-corrected chi connectivity index (χ1v) is 17.6. The zero-order valence-electron chi connectivity index (χ0n) is 32.4. The lowest BCUT2D eigenvalue weighted by Gasteiger charge is -2.22. The molecular formula is C41H62F3N3O3. The third kappa shape index (κ3) is 15.6. The number of hydrogen-bond donors (Lipinski definition) is 2. The first kappa shape index (κ1) is 48.0. The molecule has 0 aliphatic heterocycles. The largest absolute Gasteiger partial charge is 0.496 e. The number of nitrogens with zero attached hydrogens (tertiary/aromatic N) is 1. The molecule has 0 saturated heterocycles. The van der Waals surface area contributed by atoms with Gasteiger partial charge < -0.3 is 16.2 Å². The number of hydrogen-bond acceptors (Lipinski definition) is 4. The Balaban J connectivity index is 0. The minimum Gasteiger partial charge on any atom is -0.496 e. The van der Waals surface area contributed by atoms with E-state index in [1.807, 2.05) is 39.8 Å². The van der Waals surface area contributed by atoms with Gasteiger partial charge in [-0.25, -0.2) is 18.2 Å². The Hall–Kier alpha value is -4.14. The van der Waals surface area contributed by atoms with E-state index in [1.165, 1.54) is 32.3 Å². The summed E-state index contributed by atoms with van der Waals surface area (Å²) in [6.07, 6.45) is 9.65. The van der Waals surface area contributed by atoms with Crippen molar-refractivity contribution < 1.29 is 27.5 Å². The van der Waals surface area contributed by atoms with Gasteiger partial charge in [-0.1, -0.05) is 92.4 Å². The van der Waals surface area contributed by atoms with Gasteiger partial charge in [0.05, 0.1) is 18.5 Å². The Labute approximate surface area is 299 Å². The van der Waals surface area contributed by atoms with Crippen LogP contribution in [-0.2, 0) is 22.4 Å². The Morgan fingerprint density at radius 3 is 1.98 bits per heavy atom. The molecule has 0 aliphatic carbocycles. The molecule has 0 radical (unpaired) electrons. The number of methoxy groups -OCH3 is 1. The Kier molecular flexibility index (Phi) is 25.6. The second kappa shape index (κ2) is 26.7. The lowest BCUT2D eigenvalue weighted by atomic mass is 9.87. The molecule has 0 fully saturated rings. The summed E-state index contributed by atoms with van der Waals surface area (Å²) >= 11 is 0. The van der Waals surface area contributed by atoms with Gasteiger partial charge >= 0.3 is 0 Å². The zero-order chi connectivity index (χ0) is 39.0. The normalized spacial score (nSPS) is 10.9. The van der Waals surface area contributed by atoms with Gasteiger partial charge in [0, 0.05) is 29.7 Å². The van der Waals surface area contributed by atoms with Gasteiger partial charge in [0.15, 0.2) is 0 Å². The molecule has 4 N–H and O–H groups in total. The molecule has 3 aromatic rings. The highest BCUT2D eigenvalue weighted by atomic mass is 19.1. The number of unbranched alkanes of at least 4 members (excludes halogenated alkanes) is 2. The predicted octanol–water partition coefficient (Wildman–Crippen LogP) is 8.90. The third-order valence-electron chi connectivity index (χ3n) is 7.58. The van der Waals surface area contributed by atoms with Gasteiger partial charge in [-0.3, -0.25) is 9.59 Å². The molecule has 0 spiro atoms. The number of benzene rings is 2. The van der Waals surface area contributed by atoms with Crippen LogP contribution in [0, 0.1) is 31.3 Å². The molecule has 0 bridgehead atoms. The molecule has 280 valence electrons. The number of carbonyl (C=O) groups excluding carboxylic acids is 2.